The topological polar surface area (TPSA) is 26.3 Å². The molecule has 0 fully saturated rings. The van der Waals surface area contributed by atoms with E-state index >= 15 is 0 Å². The van der Waals surface area contributed by atoms with E-state index in [4.69, 9.17) is 4.43 Å². The second-order valence-corrected chi connectivity index (χ2v) is 10.0. The molecule has 0 amide bonds. The van der Waals surface area contributed by atoms with Gasteiger partial charge in [0.05, 0.1) is 5.56 Å². The lowest BCUT2D eigenvalue weighted by Gasteiger charge is -2.21. The fraction of sp³-hybridized carbons (Fsp3) is 0.364. The second kappa shape index (κ2) is 5.04. The maximum absolute atomic E-state index is 12.5. The molecule has 0 saturated heterocycles. The number of hydrogen-bond acceptors (Lipinski definition) is 2. The van der Waals surface area contributed by atoms with E-state index in [9.17, 15) is 18.0 Å². The predicted octanol–water partition coefficient (Wildman–Crippen LogP) is 4.41. The maximum atomic E-state index is 12.5. The van der Waals surface area contributed by atoms with Crippen molar-refractivity contribution in [3.05, 3.63) is 28.2 Å². The van der Waals surface area contributed by atoms with Gasteiger partial charge in [0.25, 0.3) is 5.78 Å². The number of ketones is 1. The third-order valence-corrected chi connectivity index (χ3v) is 3.19. The summed E-state index contributed by atoms with van der Waals surface area (Å²) in [6, 6.07) is 4.05. The van der Waals surface area contributed by atoms with Crippen molar-refractivity contribution < 1.29 is 22.4 Å². The fourth-order valence-electron chi connectivity index (χ4n) is 1.25. The van der Waals surface area contributed by atoms with Crippen LogP contribution in [0.4, 0.5) is 13.2 Å². The summed E-state index contributed by atoms with van der Waals surface area (Å²) in [5.74, 6) is -1.91. The summed E-state index contributed by atoms with van der Waals surface area (Å²) in [5, 5.41) is 0. The monoisotopic (exact) mass is 340 g/mol. The highest BCUT2D eigenvalue weighted by Gasteiger charge is 2.41. The Balaban J connectivity index is 3.24. The first kappa shape index (κ1) is 15.2. The SMILES string of the molecule is C[Si](C)(C)Oc1ccc(Br)cc1C(=O)C(F)(F)F. The number of benzene rings is 1. The number of carbonyl (C=O) groups excluding carboxylic acids is 1. The van der Waals surface area contributed by atoms with E-state index in [1.807, 2.05) is 19.6 Å². The van der Waals surface area contributed by atoms with E-state index in [2.05, 4.69) is 15.9 Å². The normalized spacial score (nSPS) is 12.4. The van der Waals surface area contributed by atoms with Crippen molar-refractivity contribution in [2.75, 3.05) is 0 Å². The molecule has 0 heterocycles. The molecule has 0 bridgehead atoms. The summed E-state index contributed by atoms with van der Waals surface area (Å²) in [6.07, 6.45) is -4.90. The van der Waals surface area contributed by atoms with Crippen molar-refractivity contribution in [1.29, 1.82) is 0 Å². The number of rotatable bonds is 3. The Hall–Kier alpha value is -0.823. The Kier molecular flexibility index (Phi) is 4.27. The molecule has 1 aromatic carbocycles. The Bertz CT molecular complexity index is 466. The fourth-order valence-corrected chi connectivity index (χ4v) is 2.45. The van der Waals surface area contributed by atoms with E-state index in [0.717, 1.165) is 6.07 Å². The van der Waals surface area contributed by atoms with Crippen molar-refractivity contribution in [1.82, 2.24) is 0 Å². The van der Waals surface area contributed by atoms with Gasteiger partial charge in [0.1, 0.15) is 5.75 Å². The van der Waals surface area contributed by atoms with Crippen LogP contribution in [0.2, 0.25) is 19.6 Å². The lowest BCUT2D eigenvalue weighted by atomic mass is 10.1. The van der Waals surface area contributed by atoms with Gasteiger partial charge in [-0.05, 0) is 37.8 Å². The van der Waals surface area contributed by atoms with Crippen LogP contribution in [0, 0.1) is 0 Å². The molecule has 0 atom stereocenters. The Morgan fingerprint density at radius 1 is 1.28 bits per heavy atom. The molecule has 1 aromatic rings. The summed E-state index contributed by atoms with van der Waals surface area (Å²) >= 11 is 3.05. The van der Waals surface area contributed by atoms with Crippen LogP contribution >= 0.6 is 15.9 Å². The van der Waals surface area contributed by atoms with Crippen LogP contribution in [0.5, 0.6) is 5.75 Å². The van der Waals surface area contributed by atoms with Crippen LogP contribution in [-0.4, -0.2) is 20.3 Å². The highest BCUT2D eigenvalue weighted by molar-refractivity contribution is 9.10. The molecular weight excluding hydrogens is 329 g/mol. The molecule has 0 unspecified atom stereocenters. The van der Waals surface area contributed by atoms with Crippen molar-refractivity contribution >= 4 is 30.0 Å². The van der Waals surface area contributed by atoms with Crippen molar-refractivity contribution in [2.24, 2.45) is 0 Å². The van der Waals surface area contributed by atoms with Crippen molar-refractivity contribution in [3.63, 3.8) is 0 Å². The largest absolute Gasteiger partial charge is 0.544 e. The van der Waals surface area contributed by atoms with Gasteiger partial charge in [0, 0.05) is 4.47 Å². The highest BCUT2D eigenvalue weighted by atomic mass is 79.9. The average molecular weight is 341 g/mol. The lowest BCUT2D eigenvalue weighted by Crippen LogP contribution is -2.31. The van der Waals surface area contributed by atoms with Gasteiger partial charge in [-0.1, -0.05) is 15.9 Å². The van der Waals surface area contributed by atoms with E-state index < -0.39 is 25.8 Å². The Morgan fingerprint density at radius 3 is 2.28 bits per heavy atom. The van der Waals surface area contributed by atoms with Crippen LogP contribution in [0.15, 0.2) is 22.7 Å². The zero-order valence-electron chi connectivity index (χ0n) is 10.1. The number of alkyl halides is 3. The predicted molar refractivity (Wildman–Crippen MR) is 68.5 cm³/mol. The van der Waals surface area contributed by atoms with Crippen LogP contribution in [0.25, 0.3) is 0 Å². The molecule has 0 aliphatic heterocycles. The molecule has 18 heavy (non-hydrogen) atoms. The number of hydrogen-bond donors (Lipinski definition) is 0. The van der Waals surface area contributed by atoms with Gasteiger partial charge in [-0.15, -0.1) is 0 Å². The molecule has 0 spiro atoms. The van der Waals surface area contributed by atoms with Gasteiger partial charge in [-0.25, -0.2) is 0 Å². The van der Waals surface area contributed by atoms with E-state index in [-0.39, 0.29) is 5.75 Å². The summed E-state index contributed by atoms with van der Waals surface area (Å²) in [5.41, 5.74) is -0.459. The zero-order valence-corrected chi connectivity index (χ0v) is 12.6. The first-order valence-electron chi connectivity index (χ1n) is 5.11. The van der Waals surface area contributed by atoms with Gasteiger partial charge in [0.15, 0.2) is 0 Å². The molecule has 0 saturated carbocycles. The van der Waals surface area contributed by atoms with Crippen LogP contribution in [0.1, 0.15) is 10.4 Å². The molecule has 0 aliphatic carbocycles. The highest BCUT2D eigenvalue weighted by Crippen LogP contribution is 2.31. The van der Waals surface area contributed by atoms with Crippen molar-refractivity contribution in [3.8, 4) is 5.75 Å². The van der Waals surface area contributed by atoms with Gasteiger partial charge in [-0.3, -0.25) is 4.79 Å². The van der Waals surface area contributed by atoms with E-state index in [1.54, 1.807) is 6.07 Å². The first-order valence-corrected chi connectivity index (χ1v) is 9.31. The van der Waals surface area contributed by atoms with E-state index in [1.165, 1.54) is 6.07 Å². The minimum absolute atomic E-state index is 0.0142. The third kappa shape index (κ3) is 4.13. The summed E-state index contributed by atoms with van der Waals surface area (Å²) in [4.78, 5) is 11.3. The number of halogens is 4. The van der Waals surface area contributed by atoms with Gasteiger partial charge >= 0.3 is 6.18 Å². The average Bonchev–Trinajstić information content (AvgIpc) is 2.16. The van der Waals surface area contributed by atoms with Crippen molar-refractivity contribution in [2.45, 2.75) is 25.8 Å². The smallest absolute Gasteiger partial charge is 0.455 e. The van der Waals surface area contributed by atoms with Crippen LogP contribution in [-0.2, 0) is 0 Å². The first-order chi connectivity index (χ1) is 8.00. The quantitative estimate of drug-likeness (QED) is 0.601. The molecule has 0 N–H and O–H groups in total. The summed E-state index contributed by atoms with van der Waals surface area (Å²) in [7, 11) is -2.09. The molecule has 0 aliphatic rings. The second-order valence-electron chi connectivity index (χ2n) is 4.68. The Labute approximate surface area is 112 Å². The lowest BCUT2D eigenvalue weighted by molar-refractivity contribution is -0.0886. The third-order valence-electron chi connectivity index (χ3n) is 1.86. The molecule has 7 heteroatoms. The summed E-state index contributed by atoms with van der Waals surface area (Å²) in [6.45, 7) is 5.49. The molecule has 0 aromatic heterocycles. The molecular formula is C11H12BrF3O2Si. The van der Waals surface area contributed by atoms with Crippen LogP contribution < -0.4 is 4.43 Å². The van der Waals surface area contributed by atoms with Gasteiger partial charge < -0.3 is 4.43 Å². The standard InChI is InChI=1S/C11H12BrF3O2Si/c1-18(2,3)17-9-5-4-7(12)6-8(9)10(16)11(13,14)15/h4-6H,1-3H3. The van der Waals surface area contributed by atoms with Crippen LogP contribution in [0.3, 0.4) is 0 Å². The number of carbonyl (C=O) groups is 1. The maximum Gasteiger partial charge on any atom is 0.455 e. The molecule has 2 nitrogen and oxygen atoms in total. The molecule has 100 valence electrons. The number of Topliss-reactive ketones (excluding diaryl/α,β-unsaturated/α-hetero) is 1. The van der Waals surface area contributed by atoms with Gasteiger partial charge in [0.2, 0.25) is 8.32 Å². The van der Waals surface area contributed by atoms with E-state index in [0.29, 0.717) is 4.47 Å². The molecule has 0 radical (unpaired) electrons. The van der Waals surface area contributed by atoms with Gasteiger partial charge in [-0.2, -0.15) is 13.2 Å². The molecule has 1 rings (SSSR count). The summed E-state index contributed by atoms with van der Waals surface area (Å²) < 4.78 is 43.3. The minimum Gasteiger partial charge on any atom is -0.544 e. The Morgan fingerprint density at radius 2 is 1.83 bits per heavy atom. The minimum atomic E-state index is -4.90. The zero-order chi connectivity index (χ0) is 14.1.